The summed E-state index contributed by atoms with van der Waals surface area (Å²) in [5, 5.41) is 11.2. The molecule has 0 atom stereocenters. The molecule has 0 radical (unpaired) electrons. The molecule has 0 aliphatic carbocycles. The van der Waals surface area contributed by atoms with Gasteiger partial charge in [-0.2, -0.15) is 23.4 Å². The summed E-state index contributed by atoms with van der Waals surface area (Å²) in [6, 6.07) is 7.11. The molecule has 2 aromatic heterocycles. The second-order valence-corrected chi connectivity index (χ2v) is 5.30. The van der Waals surface area contributed by atoms with Crippen molar-refractivity contribution < 1.29 is 13.2 Å². The number of hydrogen-bond donors (Lipinski definition) is 1. The minimum atomic E-state index is -4.36. The molecule has 0 saturated heterocycles. The molecule has 0 fully saturated rings. The van der Waals surface area contributed by atoms with E-state index < -0.39 is 11.7 Å². The van der Waals surface area contributed by atoms with Gasteiger partial charge in [0.1, 0.15) is 0 Å². The number of anilines is 1. The summed E-state index contributed by atoms with van der Waals surface area (Å²) in [6.45, 7) is 0.416. The van der Waals surface area contributed by atoms with Gasteiger partial charge >= 0.3 is 6.18 Å². The zero-order valence-corrected chi connectivity index (χ0v) is 11.4. The van der Waals surface area contributed by atoms with Gasteiger partial charge in [-0.25, -0.2) is 4.98 Å². The fourth-order valence-corrected chi connectivity index (χ4v) is 2.62. The van der Waals surface area contributed by atoms with Crippen LogP contribution in [0.4, 0.5) is 18.3 Å². The van der Waals surface area contributed by atoms with E-state index in [4.69, 9.17) is 0 Å². The van der Waals surface area contributed by atoms with Crippen molar-refractivity contribution in [3.05, 3.63) is 47.8 Å². The summed E-state index contributed by atoms with van der Waals surface area (Å²) in [5.41, 5.74) is 0.366. The molecule has 0 aliphatic heterocycles. The molecule has 108 valence electrons. The number of halogens is 3. The number of alkyl halides is 3. The maximum absolute atomic E-state index is 12.6. The summed E-state index contributed by atoms with van der Waals surface area (Å²) in [6.07, 6.45) is -2.79. The number of fused-ring (bicyclic) bond motifs is 1. The lowest BCUT2D eigenvalue weighted by Crippen LogP contribution is -2.04. The van der Waals surface area contributed by atoms with Crippen molar-refractivity contribution in [2.45, 2.75) is 12.7 Å². The van der Waals surface area contributed by atoms with E-state index in [-0.39, 0.29) is 0 Å². The lowest BCUT2D eigenvalue weighted by atomic mass is 10.2. The fourth-order valence-electron chi connectivity index (χ4n) is 1.77. The van der Waals surface area contributed by atoms with Crippen molar-refractivity contribution in [2.24, 2.45) is 0 Å². The fraction of sp³-hybridized carbons (Fsp3) is 0.154. The maximum Gasteiger partial charge on any atom is 0.416 e. The van der Waals surface area contributed by atoms with Crippen LogP contribution in [-0.4, -0.2) is 15.2 Å². The number of rotatable bonds is 3. The number of benzene rings is 1. The molecule has 0 unspecified atom stereocenters. The average molecular weight is 310 g/mol. The normalized spacial score (nSPS) is 11.8. The van der Waals surface area contributed by atoms with Crippen molar-refractivity contribution in [2.75, 3.05) is 5.32 Å². The van der Waals surface area contributed by atoms with Crippen LogP contribution >= 0.6 is 11.3 Å². The lowest BCUT2D eigenvalue weighted by molar-refractivity contribution is -0.137. The molecule has 8 heteroatoms. The highest BCUT2D eigenvalue weighted by atomic mass is 32.1. The molecule has 0 bridgehead atoms. The molecule has 1 aromatic carbocycles. The number of thiazole rings is 1. The number of nitrogens with one attached hydrogen (secondary N) is 1. The molecule has 2 heterocycles. The molecule has 0 amide bonds. The van der Waals surface area contributed by atoms with Crippen LogP contribution in [0.15, 0.2) is 36.5 Å². The Bertz CT molecular complexity index is 755. The summed E-state index contributed by atoms with van der Waals surface area (Å²) in [5.74, 6) is 0. The Morgan fingerprint density at radius 2 is 2.05 bits per heavy atom. The third-order valence-electron chi connectivity index (χ3n) is 2.76. The number of nitrogens with zero attached hydrogens (tertiary/aromatic N) is 3. The number of hydrogen-bond acceptors (Lipinski definition) is 5. The van der Waals surface area contributed by atoms with Gasteiger partial charge in [0.15, 0.2) is 5.13 Å². The Labute approximate surface area is 121 Å². The minimum absolute atomic E-state index is 0.330. The standard InChI is InChI=1S/C13H9F3N4S/c14-13(15,16)8-3-4-11-10(6-8)19-12(21-11)17-7-9-2-1-5-18-20-9/h1-6H,7H2,(H,17,19). The molecular weight excluding hydrogens is 301 g/mol. The summed E-state index contributed by atoms with van der Waals surface area (Å²) >= 11 is 1.30. The Morgan fingerprint density at radius 1 is 1.19 bits per heavy atom. The van der Waals surface area contributed by atoms with E-state index in [0.717, 1.165) is 17.8 Å². The minimum Gasteiger partial charge on any atom is -0.356 e. The molecule has 0 spiro atoms. The van der Waals surface area contributed by atoms with Gasteiger partial charge < -0.3 is 5.32 Å². The SMILES string of the molecule is FC(F)(F)c1ccc2sc(NCc3cccnn3)nc2c1. The second kappa shape index (κ2) is 5.28. The lowest BCUT2D eigenvalue weighted by Gasteiger charge is -2.04. The van der Waals surface area contributed by atoms with Crippen LogP contribution in [0.5, 0.6) is 0 Å². The Kier molecular flexibility index (Phi) is 3.46. The molecule has 1 N–H and O–H groups in total. The van der Waals surface area contributed by atoms with Gasteiger partial charge in [-0.05, 0) is 30.3 Å². The first-order valence-corrected chi connectivity index (χ1v) is 6.82. The van der Waals surface area contributed by atoms with Crippen LogP contribution in [-0.2, 0) is 12.7 Å². The van der Waals surface area contributed by atoms with Crippen molar-refractivity contribution in [3.8, 4) is 0 Å². The third kappa shape index (κ3) is 3.10. The van der Waals surface area contributed by atoms with Crippen LogP contribution < -0.4 is 5.32 Å². The Balaban J connectivity index is 1.81. The van der Waals surface area contributed by atoms with Crippen molar-refractivity contribution in [1.29, 1.82) is 0 Å². The summed E-state index contributed by atoms with van der Waals surface area (Å²) < 4.78 is 38.6. The quantitative estimate of drug-likeness (QED) is 0.801. The van der Waals surface area contributed by atoms with Crippen LogP contribution in [0.3, 0.4) is 0 Å². The molecule has 0 aliphatic rings. The highest BCUT2D eigenvalue weighted by Gasteiger charge is 2.30. The van der Waals surface area contributed by atoms with Gasteiger partial charge in [0.2, 0.25) is 0 Å². The first kappa shape index (κ1) is 13.7. The molecule has 21 heavy (non-hydrogen) atoms. The van der Waals surface area contributed by atoms with Crippen LogP contribution in [0.1, 0.15) is 11.3 Å². The topological polar surface area (TPSA) is 50.7 Å². The molecular formula is C13H9F3N4S. The molecule has 3 aromatic rings. The van der Waals surface area contributed by atoms with Crippen LogP contribution in [0.25, 0.3) is 10.2 Å². The average Bonchev–Trinajstić information content (AvgIpc) is 2.87. The van der Waals surface area contributed by atoms with Gasteiger partial charge in [0, 0.05) is 6.20 Å². The van der Waals surface area contributed by atoms with Crippen LogP contribution in [0, 0.1) is 0 Å². The van der Waals surface area contributed by atoms with Crippen molar-refractivity contribution in [1.82, 2.24) is 15.2 Å². The largest absolute Gasteiger partial charge is 0.416 e. The highest BCUT2D eigenvalue weighted by molar-refractivity contribution is 7.22. The van der Waals surface area contributed by atoms with Gasteiger partial charge in [0.25, 0.3) is 0 Å². The molecule has 4 nitrogen and oxygen atoms in total. The van der Waals surface area contributed by atoms with E-state index in [1.807, 2.05) is 0 Å². The van der Waals surface area contributed by atoms with E-state index in [9.17, 15) is 13.2 Å². The predicted octanol–water partition coefficient (Wildman–Crippen LogP) is 3.72. The zero-order valence-electron chi connectivity index (χ0n) is 10.6. The second-order valence-electron chi connectivity index (χ2n) is 4.27. The van der Waals surface area contributed by atoms with E-state index in [0.29, 0.717) is 21.9 Å². The monoisotopic (exact) mass is 310 g/mol. The van der Waals surface area contributed by atoms with E-state index in [2.05, 4.69) is 20.5 Å². The molecule has 3 rings (SSSR count). The maximum atomic E-state index is 12.6. The summed E-state index contributed by atoms with van der Waals surface area (Å²) in [7, 11) is 0. The Hall–Kier alpha value is -2.22. The first-order valence-electron chi connectivity index (χ1n) is 6.00. The smallest absolute Gasteiger partial charge is 0.356 e. The van der Waals surface area contributed by atoms with Crippen molar-refractivity contribution in [3.63, 3.8) is 0 Å². The number of aromatic nitrogens is 3. The molecule has 0 saturated carbocycles. The first-order chi connectivity index (χ1) is 10.0. The Morgan fingerprint density at radius 3 is 2.76 bits per heavy atom. The van der Waals surface area contributed by atoms with Gasteiger partial charge in [-0.3, -0.25) is 0 Å². The van der Waals surface area contributed by atoms with Gasteiger partial charge in [-0.15, -0.1) is 0 Å². The van der Waals surface area contributed by atoms with E-state index in [1.54, 1.807) is 18.3 Å². The van der Waals surface area contributed by atoms with E-state index in [1.165, 1.54) is 17.4 Å². The summed E-state index contributed by atoms with van der Waals surface area (Å²) in [4.78, 5) is 4.16. The highest BCUT2D eigenvalue weighted by Crippen LogP contribution is 2.33. The van der Waals surface area contributed by atoms with Gasteiger partial charge in [0.05, 0.1) is 28.0 Å². The third-order valence-corrected chi connectivity index (χ3v) is 3.76. The zero-order chi connectivity index (χ0) is 14.9. The van der Waals surface area contributed by atoms with Gasteiger partial charge in [-0.1, -0.05) is 11.3 Å². The van der Waals surface area contributed by atoms with Crippen molar-refractivity contribution >= 4 is 26.7 Å². The van der Waals surface area contributed by atoms with E-state index >= 15 is 0 Å². The predicted molar refractivity (Wildman–Crippen MR) is 74.0 cm³/mol. The van der Waals surface area contributed by atoms with Crippen LogP contribution in [0.2, 0.25) is 0 Å².